The van der Waals surface area contributed by atoms with Gasteiger partial charge in [-0.25, -0.2) is 23.4 Å². The van der Waals surface area contributed by atoms with E-state index in [4.69, 9.17) is 15.0 Å². The molecule has 0 N–H and O–H groups in total. The Morgan fingerprint density at radius 1 is 0.312 bits per heavy atom. The van der Waals surface area contributed by atoms with Crippen LogP contribution in [-0.2, 0) is 15.3 Å². The van der Waals surface area contributed by atoms with Crippen LogP contribution in [0.3, 0.4) is 0 Å². The molecule has 1 spiro atoms. The molecule has 10 aromatic rings. The largest absolute Gasteiger partial charge is 0.218 e. The molecule has 9 aromatic carbocycles. The van der Waals surface area contributed by atoms with E-state index in [1.165, 1.54) is 0 Å². The minimum atomic E-state index is -3.86. The average molecular weight is 838 g/mol. The van der Waals surface area contributed by atoms with Gasteiger partial charge < -0.3 is 0 Å². The van der Waals surface area contributed by atoms with Gasteiger partial charge in [-0.15, -0.1) is 0 Å². The molecule has 0 amide bonds. The maximum atomic E-state index is 14.9. The summed E-state index contributed by atoms with van der Waals surface area (Å²) in [6, 6.07) is 72.5. The maximum absolute atomic E-state index is 14.9. The lowest BCUT2D eigenvalue weighted by molar-refractivity contribution is 0.599. The van der Waals surface area contributed by atoms with Gasteiger partial charge in [0.1, 0.15) is 0 Å². The first-order valence-electron chi connectivity index (χ1n) is 21.4. The molecule has 64 heavy (non-hydrogen) atoms. The Morgan fingerprint density at radius 3 is 1.42 bits per heavy atom. The van der Waals surface area contributed by atoms with Crippen LogP contribution in [0, 0.1) is 0 Å². The van der Waals surface area contributed by atoms with Crippen molar-refractivity contribution in [1.29, 1.82) is 0 Å². The van der Waals surface area contributed by atoms with E-state index in [-0.39, 0.29) is 0 Å². The number of benzene rings is 9. The second-order valence-electron chi connectivity index (χ2n) is 16.6. The van der Waals surface area contributed by atoms with E-state index in [0.29, 0.717) is 27.3 Å². The molecule has 0 fully saturated rings. The van der Waals surface area contributed by atoms with E-state index >= 15 is 0 Å². The van der Waals surface area contributed by atoms with Gasteiger partial charge in [-0.2, -0.15) is 0 Å². The van der Waals surface area contributed by atoms with Crippen molar-refractivity contribution in [2.24, 2.45) is 0 Å². The summed E-state index contributed by atoms with van der Waals surface area (Å²) in [4.78, 5) is 16.3. The number of rotatable bonds is 4. The van der Waals surface area contributed by atoms with Crippen molar-refractivity contribution in [1.82, 2.24) is 15.0 Å². The highest BCUT2D eigenvalue weighted by Crippen LogP contribution is 2.64. The van der Waals surface area contributed by atoms with Crippen LogP contribution in [0.2, 0.25) is 0 Å². The predicted octanol–water partition coefficient (Wildman–Crippen LogP) is 13.4. The van der Waals surface area contributed by atoms with E-state index < -0.39 is 15.3 Å². The molecule has 1 atom stereocenters. The maximum Gasteiger partial charge on any atom is 0.208 e. The first kappa shape index (κ1) is 36.6. The summed E-state index contributed by atoms with van der Waals surface area (Å²) in [7, 11) is -3.86. The van der Waals surface area contributed by atoms with E-state index in [0.717, 1.165) is 94.6 Å². The Balaban J connectivity index is 1.10. The molecular formula is C58H35N3O2S. The topological polar surface area (TPSA) is 72.8 Å². The molecule has 13 rings (SSSR count). The quantitative estimate of drug-likeness (QED) is 0.177. The van der Waals surface area contributed by atoms with E-state index in [1.54, 1.807) is 6.07 Å². The Kier molecular flexibility index (Phi) is 7.84. The zero-order chi connectivity index (χ0) is 42.6. The Bertz CT molecular complexity index is 3680. The standard InChI is InChI=1S/C58H35N3O2S/c62-64(63)52-26-14-11-22-45(52)46-33-34-50-53(54(46)64)47-23-10-13-25-49(47)58(50)48-24-12-9-21-43(48)41-19-7-8-20-42(41)44-32-31-40(35-51(44)58)57-60-55(38-17-5-2-6-18-38)59-56(61-57)39-29-27-37(28-30-39)36-15-3-1-4-16-36/h1-35H. The lowest BCUT2D eigenvalue weighted by atomic mass is 9.65. The van der Waals surface area contributed by atoms with Gasteiger partial charge in [0.2, 0.25) is 9.84 Å². The minimum absolute atomic E-state index is 0.350. The zero-order valence-electron chi connectivity index (χ0n) is 34.3. The van der Waals surface area contributed by atoms with Crippen LogP contribution in [0.5, 0.6) is 0 Å². The van der Waals surface area contributed by atoms with Gasteiger partial charge in [0.25, 0.3) is 0 Å². The van der Waals surface area contributed by atoms with E-state index in [9.17, 15) is 8.42 Å². The molecule has 2 aliphatic carbocycles. The molecule has 0 saturated heterocycles. The zero-order valence-corrected chi connectivity index (χ0v) is 35.1. The van der Waals surface area contributed by atoms with Gasteiger partial charge in [0, 0.05) is 33.4 Å². The minimum Gasteiger partial charge on any atom is -0.218 e. The van der Waals surface area contributed by atoms with Crippen LogP contribution in [-0.4, -0.2) is 23.4 Å². The van der Waals surface area contributed by atoms with Crippen LogP contribution >= 0.6 is 0 Å². The number of aromatic nitrogens is 3. The second-order valence-corrected chi connectivity index (χ2v) is 18.5. The van der Waals surface area contributed by atoms with Gasteiger partial charge in [-0.3, -0.25) is 0 Å². The summed E-state index contributed by atoms with van der Waals surface area (Å²) in [6.07, 6.45) is 0. The molecule has 1 aliphatic heterocycles. The summed E-state index contributed by atoms with van der Waals surface area (Å²) < 4.78 is 29.7. The van der Waals surface area contributed by atoms with Crippen LogP contribution in [0.25, 0.3) is 89.8 Å². The third-order valence-electron chi connectivity index (χ3n) is 13.3. The third kappa shape index (κ3) is 5.11. The van der Waals surface area contributed by atoms with Crippen molar-refractivity contribution in [3.63, 3.8) is 0 Å². The van der Waals surface area contributed by atoms with Gasteiger partial charge in [0.05, 0.1) is 15.2 Å². The fraction of sp³-hybridized carbons (Fsp3) is 0.0172. The van der Waals surface area contributed by atoms with Gasteiger partial charge in [-0.1, -0.05) is 200 Å². The highest BCUT2D eigenvalue weighted by atomic mass is 32.2. The molecule has 6 heteroatoms. The average Bonchev–Trinajstić information content (AvgIpc) is 3.75. The van der Waals surface area contributed by atoms with Crippen molar-refractivity contribution in [2.45, 2.75) is 15.2 Å². The van der Waals surface area contributed by atoms with Crippen molar-refractivity contribution in [3.05, 3.63) is 235 Å². The van der Waals surface area contributed by atoms with Crippen molar-refractivity contribution in [2.75, 3.05) is 0 Å². The van der Waals surface area contributed by atoms with Crippen molar-refractivity contribution < 1.29 is 8.42 Å². The molecule has 5 nitrogen and oxygen atoms in total. The SMILES string of the molecule is O=S1(=O)c2ccccc2-c2ccc3c(c21)-c1ccccc1C31c2ccccc2-c2ccccc2-c2ccc(-c3nc(-c4ccccc4)nc(-c4ccc(-c5ccccc5)cc4)n3)cc21. The Hall–Kier alpha value is -8.06. The highest BCUT2D eigenvalue weighted by molar-refractivity contribution is 7.92. The van der Waals surface area contributed by atoms with Crippen molar-refractivity contribution in [3.8, 4) is 89.8 Å². The molecule has 0 radical (unpaired) electrons. The number of hydrogen-bond acceptors (Lipinski definition) is 5. The predicted molar refractivity (Wildman–Crippen MR) is 254 cm³/mol. The molecule has 1 unspecified atom stereocenters. The fourth-order valence-corrected chi connectivity index (χ4v) is 12.5. The molecule has 0 saturated carbocycles. The first-order valence-corrected chi connectivity index (χ1v) is 22.9. The molecule has 2 heterocycles. The summed E-state index contributed by atoms with van der Waals surface area (Å²) in [6.45, 7) is 0. The first-order chi connectivity index (χ1) is 31.5. The van der Waals surface area contributed by atoms with Crippen LogP contribution < -0.4 is 0 Å². The van der Waals surface area contributed by atoms with Crippen LogP contribution in [0.1, 0.15) is 22.3 Å². The Labute approximate surface area is 371 Å². The monoisotopic (exact) mass is 837 g/mol. The van der Waals surface area contributed by atoms with Gasteiger partial charge >= 0.3 is 0 Å². The molecule has 3 aliphatic rings. The summed E-state index contributed by atoms with van der Waals surface area (Å²) in [5, 5.41) is 0. The fourth-order valence-electron chi connectivity index (χ4n) is 10.6. The van der Waals surface area contributed by atoms with E-state index in [1.807, 2.05) is 78.9 Å². The summed E-state index contributed by atoms with van der Waals surface area (Å²) in [5.41, 5.74) is 15.5. The van der Waals surface area contributed by atoms with E-state index in [2.05, 4.69) is 127 Å². The van der Waals surface area contributed by atoms with Crippen LogP contribution in [0.4, 0.5) is 0 Å². The molecule has 1 aromatic heterocycles. The summed E-state index contributed by atoms with van der Waals surface area (Å²) >= 11 is 0. The smallest absolute Gasteiger partial charge is 0.208 e. The normalized spacial score (nSPS) is 15.5. The lowest BCUT2D eigenvalue weighted by Gasteiger charge is -2.35. The molecular weight excluding hydrogens is 803 g/mol. The molecule has 0 bridgehead atoms. The van der Waals surface area contributed by atoms with Gasteiger partial charge in [0.15, 0.2) is 17.5 Å². The van der Waals surface area contributed by atoms with Crippen molar-refractivity contribution >= 4 is 9.84 Å². The number of hydrogen-bond donors (Lipinski definition) is 0. The second kappa shape index (κ2) is 13.7. The third-order valence-corrected chi connectivity index (χ3v) is 15.2. The summed E-state index contributed by atoms with van der Waals surface area (Å²) in [5.74, 6) is 1.68. The Morgan fingerprint density at radius 2 is 0.750 bits per heavy atom. The van der Waals surface area contributed by atoms with Gasteiger partial charge in [-0.05, 0) is 73.3 Å². The lowest BCUT2D eigenvalue weighted by Crippen LogP contribution is -2.29. The number of nitrogens with zero attached hydrogens (tertiary/aromatic N) is 3. The number of fused-ring (bicyclic) bond motifs is 16. The van der Waals surface area contributed by atoms with Crippen LogP contribution in [0.15, 0.2) is 222 Å². The highest BCUT2D eigenvalue weighted by Gasteiger charge is 2.52. The number of sulfone groups is 1. The molecule has 300 valence electrons.